The van der Waals surface area contributed by atoms with Crippen molar-refractivity contribution in [3.8, 4) is 0 Å². The highest BCUT2D eigenvalue weighted by molar-refractivity contribution is 7.10. The van der Waals surface area contributed by atoms with Crippen LogP contribution in [0, 0.1) is 0 Å². The van der Waals surface area contributed by atoms with Crippen molar-refractivity contribution >= 4 is 29.7 Å². The summed E-state index contributed by atoms with van der Waals surface area (Å²) in [7, 11) is 0. The van der Waals surface area contributed by atoms with Gasteiger partial charge in [0.2, 0.25) is 5.91 Å². The molecule has 1 aliphatic rings. The number of hydrogen-bond acceptors (Lipinski definition) is 3. The predicted octanol–water partition coefficient (Wildman–Crippen LogP) is 2.66. The van der Waals surface area contributed by atoms with Gasteiger partial charge in [0.05, 0.1) is 11.5 Å². The number of rotatable bonds is 4. The maximum atomic E-state index is 12.2. The summed E-state index contributed by atoms with van der Waals surface area (Å²) in [5.41, 5.74) is 5.69. The van der Waals surface area contributed by atoms with Crippen LogP contribution in [0.15, 0.2) is 17.5 Å². The summed E-state index contributed by atoms with van der Waals surface area (Å²) in [5.74, 6) is 0.0406. The van der Waals surface area contributed by atoms with Crippen LogP contribution in [0.2, 0.25) is 0 Å². The summed E-state index contributed by atoms with van der Waals surface area (Å²) in [6.45, 7) is 2.51. The van der Waals surface area contributed by atoms with E-state index < -0.39 is 0 Å². The lowest BCUT2D eigenvalue weighted by Gasteiger charge is -2.30. The minimum atomic E-state index is -0.136. The fourth-order valence-electron chi connectivity index (χ4n) is 2.47. The monoisotopic (exact) mass is 288 g/mol. The number of halogens is 1. The molecule has 1 saturated carbocycles. The zero-order valence-corrected chi connectivity index (χ0v) is 12.3. The Morgan fingerprint density at radius 1 is 1.56 bits per heavy atom. The van der Waals surface area contributed by atoms with Gasteiger partial charge in [-0.1, -0.05) is 18.9 Å². The Kier molecular flexibility index (Phi) is 5.63. The molecule has 3 N–H and O–H groups in total. The Bertz CT molecular complexity index is 374. The summed E-state index contributed by atoms with van der Waals surface area (Å²) in [6.07, 6.45) is 4.38. The predicted molar refractivity (Wildman–Crippen MR) is 78.4 cm³/mol. The summed E-state index contributed by atoms with van der Waals surface area (Å²) in [4.78, 5) is 13.3. The number of carbonyl (C=O) groups excluding carboxylic acids is 1. The molecule has 102 valence electrons. The van der Waals surface area contributed by atoms with Crippen molar-refractivity contribution in [3.63, 3.8) is 0 Å². The molecule has 0 aromatic carbocycles. The maximum absolute atomic E-state index is 12.2. The van der Waals surface area contributed by atoms with Crippen LogP contribution in [-0.4, -0.2) is 18.0 Å². The second-order valence-electron chi connectivity index (χ2n) is 4.92. The van der Waals surface area contributed by atoms with Crippen LogP contribution in [0.1, 0.15) is 43.4 Å². The topological polar surface area (TPSA) is 55.1 Å². The lowest BCUT2D eigenvalue weighted by molar-refractivity contribution is -0.124. The summed E-state index contributed by atoms with van der Waals surface area (Å²) in [5, 5.41) is 5.18. The fourth-order valence-corrected chi connectivity index (χ4v) is 3.25. The summed E-state index contributed by atoms with van der Waals surface area (Å²) < 4.78 is 0. The largest absolute Gasteiger partial charge is 0.349 e. The average molecular weight is 289 g/mol. The van der Waals surface area contributed by atoms with Crippen LogP contribution in [0.4, 0.5) is 0 Å². The lowest BCUT2D eigenvalue weighted by atomic mass is 9.96. The highest BCUT2D eigenvalue weighted by Crippen LogP contribution is 2.30. The van der Waals surface area contributed by atoms with Crippen molar-refractivity contribution < 1.29 is 4.79 Å². The number of thiophene rings is 1. The minimum Gasteiger partial charge on any atom is -0.349 e. The van der Waals surface area contributed by atoms with Crippen LogP contribution < -0.4 is 11.1 Å². The second-order valence-corrected chi connectivity index (χ2v) is 5.90. The van der Waals surface area contributed by atoms with E-state index in [1.54, 1.807) is 11.3 Å². The molecule has 0 spiro atoms. The molecule has 0 radical (unpaired) electrons. The first-order chi connectivity index (χ1) is 8.17. The Balaban J connectivity index is 0.00000162. The van der Waals surface area contributed by atoms with Gasteiger partial charge in [0, 0.05) is 11.4 Å². The molecule has 1 heterocycles. The number of nitrogens with two attached hydrogens (primary N) is 1. The van der Waals surface area contributed by atoms with E-state index in [1.807, 2.05) is 24.4 Å². The number of amides is 1. The third-order valence-corrected chi connectivity index (χ3v) is 4.76. The Hall–Kier alpha value is -0.580. The van der Waals surface area contributed by atoms with Gasteiger partial charge in [0.25, 0.3) is 0 Å². The second kappa shape index (κ2) is 6.55. The molecule has 1 atom stereocenters. The molecular formula is C13H21ClN2OS. The zero-order valence-electron chi connectivity index (χ0n) is 10.6. The first-order valence-corrected chi connectivity index (χ1v) is 7.10. The van der Waals surface area contributed by atoms with Gasteiger partial charge in [-0.15, -0.1) is 23.7 Å². The molecule has 1 aromatic heterocycles. The SMILES string of the molecule is CC(C(=O)NC1(CN)CCCC1)c1cccs1.Cl. The minimum absolute atomic E-state index is 0. The van der Waals surface area contributed by atoms with E-state index >= 15 is 0 Å². The van der Waals surface area contributed by atoms with Crippen molar-refractivity contribution in [1.29, 1.82) is 0 Å². The van der Waals surface area contributed by atoms with Crippen molar-refractivity contribution in [2.45, 2.75) is 44.1 Å². The van der Waals surface area contributed by atoms with Crippen molar-refractivity contribution in [2.75, 3.05) is 6.54 Å². The quantitative estimate of drug-likeness (QED) is 0.895. The molecule has 0 bridgehead atoms. The van der Waals surface area contributed by atoms with E-state index in [4.69, 9.17) is 5.73 Å². The van der Waals surface area contributed by atoms with Gasteiger partial charge in [0.15, 0.2) is 0 Å². The molecule has 1 fully saturated rings. The maximum Gasteiger partial charge on any atom is 0.228 e. The molecule has 2 rings (SSSR count). The molecule has 1 aromatic rings. The molecular weight excluding hydrogens is 268 g/mol. The van der Waals surface area contributed by atoms with Crippen LogP contribution in [0.3, 0.4) is 0 Å². The normalized spacial score (nSPS) is 19.0. The molecule has 1 unspecified atom stereocenters. The first-order valence-electron chi connectivity index (χ1n) is 6.22. The van der Waals surface area contributed by atoms with E-state index in [0.29, 0.717) is 6.54 Å². The highest BCUT2D eigenvalue weighted by Gasteiger charge is 2.35. The van der Waals surface area contributed by atoms with Crippen molar-refractivity contribution in [1.82, 2.24) is 5.32 Å². The molecule has 18 heavy (non-hydrogen) atoms. The number of hydrogen-bond donors (Lipinski definition) is 2. The molecule has 1 aliphatic carbocycles. The van der Waals surface area contributed by atoms with Gasteiger partial charge in [0.1, 0.15) is 0 Å². The van der Waals surface area contributed by atoms with Gasteiger partial charge in [-0.2, -0.15) is 0 Å². The van der Waals surface area contributed by atoms with E-state index in [1.165, 1.54) is 12.8 Å². The Morgan fingerprint density at radius 2 is 2.22 bits per heavy atom. The van der Waals surface area contributed by atoms with Crippen LogP contribution >= 0.6 is 23.7 Å². The summed E-state index contributed by atoms with van der Waals surface area (Å²) in [6, 6.07) is 4.00. The number of nitrogens with one attached hydrogen (secondary N) is 1. The standard InChI is InChI=1S/C13H20N2OS.ClH/c1-10(11-5-4-8-17-11)12(16)15-13(9-14)6-2-3-7-13;/h4-5,8,10H,2-3,6-7,9,14H2,1H3,(H,15,16);1H. The zero-order chi connectivity index (χ0) is 12.3. The molecule has 1 amide bonds. The fraction of sp³-hybridized carbons (Fsp3) is 0.615. The summed E-state index contributed by atoms with van der Waals surface area (Å²) >= 11 is 1.63. The first kappa shape index (κ1) is 15.5. The van der Waals surface area contributed by atoms with E-state index in [0.717, 1.165) is 17.7 Å². The van der Waals surface area contributed by atoms with Crippen molar-refractivity contribution in [2.24, 2.45) is 5.73 Å². The molecule has 5 heteroatoms. The third kappa shape index (κ3) is 3.25. The highest BCUT2D eigenvalue weighted by atomic mass is 35.5. The van der Waals surface area contributed by atoms with Crippen LogP contribution in [0.25, 0.3) is 0 Å². The van der Waals surface area contributed by atoms with E-state index in [9.17, 15) is 4.79 Å². The molecule has 0 aliphatic heterocycles. The van der Waals surface area contributed by atoms with Gasteiger partial charge in [-0.25, -0.2) is 0 Å². The Morgan fingerprint density at radius 3 is 2.72 bits per heavy atom. The molecule has 0 saturated heterocycles. The van der Waals surface area contributed by atoms with E-state index in [-0.39, 0.29) is 29.8 Å². The van der Waals surface area contributed by atoms with Gasteiger partial charge < -0.3 is 11.1 Å². The van der Waals surface area contributed by atoms with Crippen LogP contribution in [-0.2, 0) is 4.79 Å². The van der Waals surface area contributed by atoms with Crippen LogP contribution in [0.5, 0.6) is 0 Å². The number of carbonyl (C=O) groups is 1. The van der Waals surface area contributed by atoms with Gasteiger partial charge >= 0.3 is 0 Å². The lowest BCUT2D eigenvalue weighted by Crippen LogP contribution is -2.52. The molecule has 3 nitrogen and oxygen atoms in total. The average Bonchev–Trinajstić information content (AvgIpc) is 2.99. The smallest absolute Gasteiger partial charge is 0.228 e. The van der Waals surface area contributed by atoms with Gasteiger partial charge in [-0.3, -0.25) is 4.79 Å². The van der Waals surface area contributed by atoms with Crippen molar-refractivity contribution in [3.05, 3.63) is 22.4 Å². The van der Waals surface area contributed by atoms with E-state index in [2.05, 4.69) is 5.32 Å². The Labute approximate surface area is 119 Å². The van der Waals surface area contributed by atoms with Gasteiger partial charge in [-0.05, 0) is 31.2 Å². The third-order valence-electron chi connectivity index (χ3n) is 3.70.